The molecule has 5 rings (SSSR count). The second kappa shape index (κ2) is 9.38. The number of anilines is 1. The highest BCUT2D eigenvalue weighted by atomic mass is 16.5. The Kier molecular flexibility index (Phi) is 6.14. The number of ether oxygens (including phenoxy) is 1. The highest BCUT2D eigenvalue weighted by molar-refractivity contribution is 5.74. The lowest BCUT2D eigenvalue weighted by molar-refractivity contribution is -0.129. The van der Waals surface area contributed by atoms with E-state index in [1.807, 2.05) is 36.5 Å². The van der Waals surface area contributed by atoms with Crippen LogP contribution < -0.4 is 9.64 Å². The first-order valence-corrected chi connectivity index (χ1v) is 11.6. The van der Waals surface area contributed by atoms with E-state index in [2.05, 4.69) is 19.9 Å². The number of methoxy groups -OCH3 is 1. The van der Waals surface area contributed by atoms with Crippen molar-refractivity contribution in [3.8, 4) is 17.0 Å². The lowest BCUT2D eigenvalue weighted by Gasteiger charge is -2.36. The third kappa shape index (κ3) is 4.58. The van der Waals surface area contributed by atoms with E-state index < -0.39 is 0 Å². The smallest absolute Gasteiger partial charge is 0.219 e. The molecule has 3 aromatic heterocycles. The summed E-state index contributed by atoms with van der Waals surface area (Å²) < 4.78 is 6.99. The summed E-state index contributed by atoms with van der Waals surface area (Å²) in [4.78, 5) is 33.1. The van der Waals surface area contributed by atoms with E-state index in [-0.39, 0.29) is 5.91 Å². The molecule has 0 N–H and O–H groups in total. The van der Waals surface area contributed by atoms with Crippen LogP contribution in [0.15, 0.2) is 30.7 Å². The molecule has 5 heterocycles. The van der Waals surface area contributed by atoms with Gasteiger partial charge in [0, 0.05) is 71.4 Å². The Bertz CT molecular complexity index is 1170. The Balaban J connectivity index is 1.36. The summed E-state index contributed by atoms with van der Waals surface area (Å²) in [7, 11) is 3.55. The molecule has 1 fully saturated rings. The summed E-state index contributed by atoms with van der Waals surface area (Å²) in [6, 6.07) is 3.97. The van der Waals surface area contributed by atoms with Gasteiger partial charge in [-0.2, -0.15) is 5.10 Å². The van der Waals surface area contributed by atoms with Crippen LogP contribution in [0.1, 0.15) is 24.0 Å². The second-order valence-electron chi connectivity index (χ2n) is 8.84. The summed E-state index contributed by atoms with van der Waals surface area (Å²) in [5.41, 5.74) is 4.69. The number of rotatable bonds is 5. The number of carbonyl (C=O) groups is 1. The summed E-state index contributed by atoms with van der Waals surface area (Å²) >= 11 is 0. The summed E-state index contributed by atoms with van der Waals surface area (Å²) in [5, 5.41) is 4.35. The molecular formula is C24H30N8O2. The zero-order valence-corrected chi connectivity index (χ0v) is 19.9. The van der Waals surface area contributed by atoms with Crippen molar-refractivity contribution in [2.24, 2.45) is 7.05 Å². The molecule has 1 amide bonds. The van der Waals surface area contributed by atoms with E-state index in [9.17, 15) is 4.79 Å². The van der Waals surface area contributed by atoms with E-state index in [0.29, 0.717) is 13.1 Å². The van der Waals surface area contributed by atoms with Gasteiger partial charge < -0.3 is 14.5 Å². The van der Waals surface area contributed by atoms with Crippen LogP contribution in [0.4, 0.5) is 5.82 Å². The quantitative estimate of drug-likeness (QED) is 0.563. The molecule has 0 aliphatic carbocycles. The van der Waals surface area contributed by atoms with Crippen LogP contribution >= 0.6 is 0 Å². The Morgan fingerprint density at radius 3 is 2.53 bits per heavy atom. The predicted octanol–water partition coefficient (Wildman–Crippen LogP) is 1.51. The highest BCUT2D eigenvalue weighted by Gasteiger charge is 2.27. The van der Waals surface area contributed by atoms with Gasteiger partial charge in [0.25, 0.3) is 0 Å². The van der Waals surface area contributed by atoms with Crippen LogP contribution in [-0.4, -0.2) is 80.3 Å². The van der Waals surface area contributed by atoms with E-state index in [1.54, 1.807) is 24.9 Å². The van der Waals surface area contributed by atoms with Gasteiger partial charge in [0.05, 0.1) is 43.1 Å². The zero-order chi connectivity index (χ0) is 23.7. The van der Waals surface area contributed by atoms with Crippen molar-refractivity contribution in [1.29, 1.82) is 0 Å². The molecule has 34 heavy (non-hydrogen) atoms. The minimum absolute atomic E-state index is 0.0712. The molecule has 178 valence electrons. The number of aromatic nitrogens is 5. The average molecular weight is 463 g/mol. The van der Waals surface area contributed by atoms with Crippen LogP contribution in [0.5, 0.6) is 5.75 Å². The van der Waals surface area contributed by atoms with Crippen molar-refractivity contribution in [1.82, 2.24) is 34.5 Å². The molecule has 2 aliphatic heterocycles. The fourth-order valence-corrected chi connectivity index (χ4v) is 4.52. The Hall–Kier alpha value is -3.53. The number of aryl methyl sites for hydroxylation is 1. The third-order valence-electron chi connectivity index (χ3n) is 6.51. The van der Waals surface area contributed by atoms with Crippen molar-refractivity contribution in [2.75, 3.05) is 44.7 Å². The molecule has 2 aliphatic rings. The van der Waals surface area contributed by atoms with E-state index >= 15 is 0 Å². The number of nitrogens with zero attached hydrogens (tertiary/aromatic N) is 8. The summed E-state index contributed by atoms with van der Waals surface area (Å²) in [6.07, 6.45) is 6.29. The second-order valence-corrected chi connectivity index (χ2v) is 8.84. The third-order valence-corrected chi connectivity index (χ3v) is 6.51. The minimum Gasteiger partial charge on any atom is -0.495 e. The maximum Gasteiger partial charge on any atom is 0.219 e. The number of hydrogen-bond acceptors (Lipinski definition) is 8. The maximum absolute atomic E-state index is 11.9. The van der Waals surface area contributed by atoms with E-state index in [4.69, 9.17) is 14.7 Å². The zero-order valence-electron chi connectivity index (χ0n) is 19.9. The number of carbonyl (C=O) groups excluding carboxylic acids is 1. The molecule has 10 nitrogen and oxygen atoms in total. The lowest BCUT2D eigenvalue weighted by Crippen LogP contribution is -2.46. The number of amides is 1. The predicted molar refractivity (Wildman–Crippen MR) is 127 cm³/mol. The van der Waals surface area contributed by atoms with Gasteiger partial charge in [0.1, 0.15) is 11.4 Å². The molecule has 0 spiro atoms. The van der Waals surface area contributed by atoms with Gasteiger partial charge in [-0.25, -0.2) is 9.97 Å². The largest absolute Gasteiger partial charge is 0.495 e. The molecule has 0 radical (unpaired) electrons. The first-order valence-electron chi connectivity index (χ1n) is 11.6. The van der Waals surface area contributed by atoms with Crippen LogP contribution in [-0.2, 0) is 31.4 Å². The topological polar surface area (TPSA) is 92.5 Å². The molecule has 0 atom stereocenters. The number of fused-ring (bicyclic) bond motifs is 1. The number of piperazine rings is 1. The normalized spacial score (nSPS) is 16.4. The molecule has 0 saturated carbocycles. The van der Waals surface area contributed by atoms with Crippen molar-refractivity contribution in [3.63, 3.8) is 0 Å². The van der Waals surface area contributed by atoms with Gasteiger partial charge in [-0.15, -0.1) is 0 Å². The SMILES string of the molecule is COc1ccc(CN2CCN(c3nc4c(nc3-c3cnn(C)c3)CN(C(C)=O)CC4)CC2)nc1. The molecule has 0 unspecified atom stereocenters. The monoisotopic (exact) mass is 462 g/mol. The summed E-state index contributed by atoms with van der Waals surface area (Å²) in [5.74, 6) is 1.75. The highest BCUT2D eigenvalue weighted by Crippen LogP contribution is 2.31. The molecule has 3 aromatic rings. The fraction of sp³-hybridized carbons (Fsp3) is 0.458. The van der Waals surface area contributed by atoms with Gasteiger partial charge in [-0.05, 0) is 12.1 Å². The molecule has 0 bridgehead atoms. The first-order chi connectivity index (χ1) is 16.5. The first kappa shape index (κ1) is 22.3. The standard InChI is InChI=1S/C24H30N8O2/c1-17(33)32-7-6-21-22(16-32)27-23(18-12-26-29(2)14-18)24(28-21)31-10-8-30(9-11-31)15-19-4-5-20(34-3)13-25-19/h4-5,12-14H,6-11,15-16H2,1-3H3. The van der Waals surface area contributed by atoms with Crippen molar-refractivity contribution in [3.05, 3.63) is 47.8 Å². The number of pyridine rings is 1. The Labute approximate surface area is 199 Å². The van der Waals surface area contributed by atoms with Gasteiger partial charge in [0.2, 0.25) is 5.91 Å². The van der Waals surface area contributed by atoms with Gasteiger partial charge in [0.15, 0.2) is 5.82 Å². The van der Waals surface area contributed by atoms with Crippen LogP contribution in [0.2, 0.25) is 0 Å². The Morgan fingerprint density at radius 1 is 1.06 bits per heavy atom. The molecule has 1 saturated heterocycles. The van der Waals surface area contributed by atoms with Gasteiger partial charge in [-0.3, -0.25) is 19.4 Å². The van der Waals surface area contributed by atoms with Crippen molar-refractivity contribution in [2.45, 2.75) is 26.4 Å². The molecule has 0 aromatic carbocycles. The lowest BCUT2D eigenvalue weighted by atomic mass is 10.1. The van der Waals surface area contributed by atoms with Crippen molar-refractivity contribution < 1.29 is 9.53 Å². The molecular weight excluding hydrogens is 432 g/mol. The van der Waals surface area contributed by atoms with Gasteiger partial charge in [-0.1, -0.05) is 0 Å². The van der Waals surface area contributed by atoms with Gasteiger partial charge >= 0.3 is 0 Å². The number of hydrogen-bond donors (Lipinski definition) is 0. The average Bonchev–Trinajstić information content (AvgIpc) is 3.30. The fourth-order valence-electron chi connectivity index (χ4n) is 4.52. The van der Waals surface area contributed by atoms with Crippen LogP contribution in [0.3, 0.4) is 0 Å². The molecule has 10 heteroatoms. The maximum atomic E-state index is 11.9. The van der Waals surface area contributed by atoms with Crippen LogP contribution in [0, 0.1) is 0 Å². The minimum atomic E-state index is 0.0712. The van der Waals surface area contributed by atoms with Crippen LogP contribution in [0.25, 0.3) is 11.3 Å². The van der Waals surface area contributed by atoms with E-state index in [0.717, 1.165) is 79.1 Å². The van der Waals surface area contributed by atoms with Crippen molar-refractivity contribution >= 4 is 11.7 Å². The van der Waals surface area contributed by atoms with E-state index in [1.165, 1.54) is 0 Å². The Morgan fingerprint density at radius 2 is 1.88 bits per heavy atom. The summed E-state index contributed by atoms with van der Waals surface area (Å²) in [6.45, 7) is 7.15.